The molecule has 0 radical (unpaired) electrons. The average Bonchev–Trinajstić information content (AvgIpc) is 2.15. The number of anilines is 1. The summed E-state index contributed by atoms with van der Waals surface area (Å²) in [5.74, 6) is 0. The first-order valence-electron chi connectivity index (χ1n) is 5.92. The van der Waals surface area contributed by atoms with Crippen molar-refractivity contribution < 1.29 is 5.11 Å². The molecule has 2 unspecified atom stereocenters. The van der Waals surface area contributed by atoms with Crippen LogP contribution in [0.25, 0.3) is 0 Å². The Hall–Kier alpha value is -1.02. The first-order chi connectivity index (χ1) is 7.39. The van der Waals surface area contributed by atoms with Gasteiger partial charge in [0.2, 0.25) is 0 Å². The zero-order valence-corrected chi connectivity index (χ0v) is 10.5. The van der Waals surface area contributed by atoms with Crippen LogP contribution in [0, 0.1) is 12.3 Å². The number of hydrogen-bond acceptors (Lipinski definition) is 2. The van der Waals surface area contributed by atoms with Crippen LogP contribution in [0.15, 0.2) is 18.2 Å². The van der Waals surface area contributed by atoms with Gasteiger partial charge in [0.05, 0.1) is 12.1 Å². The predicted octanol–water partition coefficient (Wildman–Crippen LogP) is 2.74. The van der Waals surface area contributed by atoms with Gasteiger partial charge in [-0.1, -0.05) is 39.0 Å². The van der Waals surface area contributed by atoms with Crippen LogP contribution in [0.5, 0.6) is 0 Å². The highest BCUT2D eigenvalue weighted by Crippen LogP contribution is 2.34. The van der Waals surface area contributed by atoms with E-state index in [2.05, 4.69) is 51.2 Å². The minimum atomic E-state index is -0.297. The number of aliphatic hydroxyl groups excluding tert-OH is 1. The maximum absolute atomic E-state index is 10.2. The van der Waals surface area contributed by atoms with E-state index in [0.29, 0.717) is 0 Å². The monoisotopic (exact) mass is 219 g/mol. The van der Waals surface area contributed by atoms with Gasteiger partial charge in [0.25, 0.3) is 0 Å². The van der Waals surface area contributed by atoms with Gasteiger partial charge >= 0.3 is 0 Å². The first-order valence-corrected chi connectivity index (χ1v) is 5.92. The van der Waals surface area contributed by atoms with Crippen LogP contribution in [0.3, 0.4) is 0 Å². The lowest BCUT2D eigenvalue weighted by molar-refractivity contribution is 0.0986. The van der Waals surface area contributed by atoms with Crippen molar-refractivity contribution in [1.29, 1.82) is 0 Å². The Bertz CT molecular complexity index is 392. The van der Waals surface area contributed by atoms with E-state index >= 15 is 0 Å². The summed E-state index contributed by atoms with van der Waals surface area (Å²) in [7, 11) is 0. The van der Waals surface area contributed by atoms with E-state index in [0.717, 1.165) is 6.42 Å². The third kappa shape index (κ3) is 1.94. The summed E-state index contributed by atoms with van der Waals surface area (Å²) in [4.78, 5) is 0. The second kappa shape index (κ2) is 3.77. The summed E-state index contributed by atoms with van der Waals surface area (Å²) in [5, 5.41) is 13.7. The van der Waals surface area contributed by atoms with Gasteiger partial charge in [0.15, 0.2) is 0 Å². The summed E-state index contributed by atoms with van der Waals surface area (Å²) in [6.07, 6.45) is 0.459. The van der Waals surface area contributed by atoms with Crippen LogP contribution in [0.1, 0.15) is 31.9 Å². The second-order valence-electron chi connectivity index (χ2n) is 5.87. The first kappa shape index (κ1) is 11.5. The van der Waals surface area contributed by atoms with Gasteiger partial charge in [-0.2, -0.15) is 0 Å². The Balaban J connectivity index is 2.37. The molecule has 2 rings (SSSR count). The van der Waals surface area contributed by atoms with Gasteiger partial charge in [-0.3, -0.25) is 0 Å². The Morgan fingerprint density at radius 2 is 2.00 bits per heavy atom. The molecular formula is C14H21NO. The average molecular weight is 219 g/mol. The van der Waals surface area contributed by atoms with E-state index in [1.807, 2.05) is 0 Å². The van der Waals surface area contributed by atoms with Crippen LogP contribution in [0.2, 0.25) is 0 Å². The van der Waals surface area contributed by atoms with Crippen LogP contribution >= 0.6 is 0 Å². The normalized spacial score (nSPS) is 24.8. The Labute approximate surface area is 97.7 Å². The standard InChI is InChI=1S/C14H21NO/c1-9-6-5-7-10-8-11(16)13(14(2,3)4)15-12(9)10/h5-7,11,13,15-16H,8H2,1-4H3. The highest BCUT2D eigenvalue weighted by molar-refractivity contribution is 5.60. The molecule has 0 fully saturated rings. The summed E-state index contributed by atoms with van der Waals surface area (Å²) >= 11 is 0. The fraction of sp³-hybridized carbons (Fsp3) is 0.571. The molecule has 0 saturated heterocycles. The number of nitrogens with one attached hydrogen (secondary N) is 1. The summed E-state index contributed by atoms with van der Waals surface area (Å²) in [6.45, 7) is 8.61. The van der Waals surface area contributed by atoms with E-state index in [4.69, 9.17) is 0 Å². The highest BCUT2D eigenvalue weighted by Gasteiger charge is 2.35. The molecule has 1 aliphatic rings. The molecule has 0 amide bonds. The van der Waals surface area contributed by atoms with Crippen LogP contribution < -0.4 is 5.32 Å². The SMILES string of the molecule is Cc1cccc2c1NC(C(C)(C)C)C(O)C2. The molecule has 0 aromatic heterocycles. The van der Waals surface area contributed by atoms with Crippen molar-refractivity contribution >= 4 is 5.69 Å². The molecule has 2 nitrogen and oxygen atoms in total. The molecule has 88 valence electrons. The fourth-order valence-corrected chi connectivity index (χ4v) is 2.49. The van der Waals surface area contributed by atoms with Gasteiger partial charge in [-0.15, -0.1) is 0 Å². The molecule has 0 saturated carbocycles. The lowest BCUT2D eigenvalue weighted by Gasteiger charge is -2.40. The highest BCUT2D eigenvalue weighted by atomic mass is 16.3. The lowest BCUT2D eigenvalue weighted by atomic mass is 9.78. The number of benzene rings is 1. The van der Waals surface area contributed by atoms with Crippen molar-refractivity contribution in [2.75, 3.05) is 5.32 Å². The van der Waals surface area contributed by atoms with Crippen molar-refractivity contribution in [1.82, 2.24) is 0 Å². The van der Waals surface area contributed by atoms with Crippen molar-refractivity contribution in [2.45, 2.75) is 46.3 Å². The molecule has 1 aromatic rings. The third-order valence-electron chi connectivity index (χ3n) is 3.41. The van der Waals surface area contributed by atoms with Crippen LogP contribution in [-0.2, 0) is 6.42 Å². The van der Waals surface area contributed by atoms with E-state index < -0.39 is 0 Å². The zero-order valence-electron chi connectivity index (χ0n) is 10.5. The molecule has 2 atom stereocenters. The molecule has 1 heterocycles. The number of aryl methyl sites for hydroxylation is 1. The molecule has 1 aliphatic heterocycles. The minimum Gasteiger partial charge on any atom is -0.391 e. The van der Waals surface area contributed by atoms with Gasteiger partial charge in [0.1, 0.15) is 0 Å². The fourth-order valence-electron chi connectivity index (χ4n) is 2.49. The second-order valence-corrected chi connectivity index (χ2v) is 5.87. The van der Waals surface area contributed by atoms with Gasteiger partial charge in [-0.05, 0) is 23.5 Å². The molecule has 0 aliphatic carbocycles. The number of hydrogen-bond donors (Lipinski definition) is 2. The number of fused-ring (bicyclic) bond motifs is 1. The Kier molecular flexibility index (Phi) is 2.70. The smallest absolute Gasteiger partial charge is 0.0787 e. The van der Waals surface area contributed by atoms with Gasteiger partial charge in [-0.25, -0.2) is 0 Å². The van der Waals surface area contributed by atoms with Crippen LogP contribution in [-0.4, -0.2) is 17.3 Å². The predicted molar refractivity (Wildman–Crippen MR) is 67.8 cm³/mol. The van der Waals surface area contributed by atoms with E-state index in [1.165, 1.54) is 16.8 Å². The molecule has 0 spiro atoms. The summed E-state index contributed by atoms with van der Waals surface area (Å²) < 4.78 is 0. The van der Waals surface area contributed by atoms with E-state index in [1.54, 1.807) is 0 Å². The zero-order chi connectivity index (χ0) is 11.9. The maximum atomic E-state index is 10.2. The summed E-state index contributed by atoms with van der Waals surface area (Å²) in [6, 6.07) is 6.39. The lowest BCUT2D eigenvalue weighted by Crippen LogP contribution is -2.47. The molecule has 2 heteroatoms. The molecule has 2 N–H and O–H groups in total. The van der Waals surface area contributed by atoms with Crippen molar-refractivity contribution in [2.24, 2.45) is 5.41 Å². The Morgan fingerprint density at radius 3 is 2.62 bits per heavy atom. The molecule has 0 bridgehead atoms. The van der Waals surface area contributed by atoms with E-state index in [-0.39, 0.29) is 17.6 Å². The third-order valence-corrected chi connectivity index (χ3v) is 3.41. The van der Waals surface area contributed by atoms with Crippen molar-refractivity contribution in [3.8, 4) is 0 Å². The molecule has 16 heavy (non-hydrogen) atoms. The molecular weight excluding hydrogens is 198 g/mol. The van der Waals surface area contributed by atoms with E-state index in [9.17, 15) is 5.11 Å². The molecule has 1 aromatic carbocycles. The quantitative estimate of drug-likeness (QED) is 0.703. The number of rotatable bonds is 0. The van der Waals surface area contributed by atoms with Crippen molar-refractivity contribution in [3.63, 3.8) is 0 Å². The number of para-hydroxylation sites is 1. The minimum absolute atomic E-state index is 0.0688. The van der Waals surface area contributed by atoms with Gasteiger partial charge in [0, 0.05) is 12.1 Å². The van der Waals surface area contributed by atoms with Crippen molar-refractivity contribution in [3.05, 3.63) is 29.3 Å². The maximum Gasteiger partial charge on any atom is 0.0787 e. The van der Waals surface area contributed by atoms with Gasteiger partial charge < -0.3 is 10.4 Å². The van der Waals surface area contributed by atoms with Crippen LogP contribution in [0.4, 0.5) is 5.69 Å². The summed E-state index contributed by atoms with van der Waals surface area (Å²) in [5.41, 5.74) is 3.78. The Morgan fingerprint density at radius 1 is 1.31 bits per heavy atom. The topological polar surface area (TPSA) is 32.3 Å². The largest absolute Gasteiger partial charge is 0.391 e. The number of aliphatic hydroxyl groups is 1.